The molecule has 200 valence electrons. The number of hydrogen-bond donors (Lipinski definition) is 2. The third-order valence-corrected chi connectivity index (χ3v) is 9.07. The van der Waals surface area contributed by atoms with Gasteiger partial charge in [-0.05, 0) is 61.2 Å². The lowest BCUT2D eigenvalue weighted by molar-refractivity contribution is 0.0705. The molecule has 1 aromatic heterocycles. The van der Waals surface area contributed by atoms with Gasteiger partial charge in [-0.25, -0.2) is 23.9 Å². The predicted molar refractivity (Wildman–Crippen MR) is 144 cm³/mol. The Morgan fingerprint density at radius 3 is 2.24 bits per heavy atom. The molecule has 3 aromatic rings. The number of carbonyl (C=O) groups excluding carboxylic acids is 1. The number of rotatable bonds is 8. The molecule has 2 aliphatic rings. The molecule has 0 aliphatic carbocycles. The Kier molecular flexibility index (Phi) is 7.98. The number of sulfonamides is 1. The molecular weight excluding hydrogens is 504 g/mol. The van der Waals surface area contributed by atoms with Crippen molar-refractivity contribution in [3.8, 4) is 11.1 Å². The summed E-state index contributed by atoms with van der Waals surface area (Å²) in [5.74, 6) is -0.286. The van der Waals surface area contributed by atoms with Crippen molar-refractivity contribution in [2.24, 2.45) is 0 Å². The van der Waals surface area contributed by atoms with Crippen molar-refractivity contribution in [2.75, 3.05) is 50.7 Å². The van der Waals surface area contributed by atoms with Gasteiger partial charge >= 0.3 is 0 Å². The fraction of sp³-hybridized carbons (Fsp3) is 0.370. The van der Waals surface area contributed by atoms with E-state index in [4.69, 9.17) is 5.21 Å². The van der Waals surface area contributed by atoms with Gasteiger partial charge in [0.15, 0.2) is 0 Å². The molecule has 0 radical (unpaired) electrons. The van der Waals surface area contributed by atoms with Gasteiger partial charge in [0.05, 0.1) is 10.5 Å². The summed E-state index contributed by atoms with van der Waals surface area (Å²) >= 11 is 0. The van der Waals surface area contributed by atoms with Gasteiger partial charge in [-0.1, -0.05) is 36.4 Å². The number of benzene rings is 2. The van der Waals surface area contributed by atoms with E-state index in [9.17, 15) is 13.2 Å². The number of hydrogen-bond acceptors (Lipinski definition) is 8. The third-order valence-electron chi connectivity index (χ3n) is 7.17. The maximum absolute atomic E-state index is 13.5. The summed E-state index contributed by atoms with van der Waals surface area (Å²) in [7, 11) is -3.67. The van der Waals surface area contributed by atoms with Crippen LogP contribution in [0.15, 0.2) is 65.8 Å². The predicted octanol–water partition coefficient (Wildman–Crippen LogP) is 2.41. The molecule has 0 spiro atoms. The smallest absolute Gasteiger partial charge is 0.277 e. The zero-order chi connectivity index (χ0) is 26.5. The van der Waals surface area contributed by atoms with E-state index >= 15 is 0 Å². The van der Waals surface area contributed by atoms with Crippen LogP contribution in [0, 0.1) is 0 Å². The van der Waals surface area contributed by atoms with Crippen molar-refractivity contribution >= 4 is 21.9 Å². The highest BCUT2D eigenvalue weighted by Gasteiger charge is 2.29. The van der Waals surface area contributed by atoms with Crippen molar-refractivity contribution in [2.45, 2.75) is 24.2 Å². The number of amides is 1. The van der Waals surface area contributed by atoms with Crippen LogP contribution in [-0.4, -0.2) is 84.5 Å². The average molecular weight is 537 g/mol. The van der Waals surface area contributed by atoms with Gasteiger partial charge < -0.3 is 9.80 Å². The highest BCUT2D eigenvalue weighted by Crippen LogP contribution is 2.26. The molecule has 5 rings (SSSR count). The summed E-state index contributed by atoms with van der Waals surface area (Å²) in [5, 5.41) is 8.73. The summed E-state index contributed by atoms with van der Waals surface area (Å²) in [5.41, 5.74) is 4.83. The standard InChI is InChI=1S/C27H32N6O4S/c34-26(30-35)24-19-28-27(29-20-24)32-13-15-33(16-14-32)38(36,37)25-8-4-7-23(18-25)22-6-3-5-21(17-22)9-12-31-10-1-2-11-31/h3-8,17-20,35H,1-2,9-16H2,(H,30,34). The normalized spacial score (nSPS) is 17.0. The third kappa shape index (κ3) is 5.86. The van der Waals surface area contributed by atoms with Crippen LogP contribution in [-0.2, 0) is 16.4 Å². The Hall–Kier alpha value is -3.38. The molecule has 0 atom stereocenters. The molecule has 0 bridgehead atoms. The number of likely N-dealkylation sites (tertiary alicyclic amines) is 1. The Bertz CT molecular complexity index is 1370. The lowest BCUT2D eigenvalue weighted by atomic mass is 10.0. The summed E-state index contributed by atoms with van der Waals surface area (Å²) in [4.78, 5) is 24.5. The van der Waals surface area contributed by atoms with E-state index in [1.807, 2.05) is 23.1 Å². The van der Waals surface area contributed by atoms with Crippen LogP contribution in [0.4, 0.5) is 5.95 Å². The first-order chi connectivity index (χ1) is 18.4. The maximum Gasteiger partial charge on any atom is 0.277 e. The van der Waals surface area contributed by atoms with Crippen molar-refractivity contribution in [3.05, 3.63) is 72.1 Å². The van der Waals surface area contributed by atoms with Crippen LogP contribution in [0.25, 0.3) is 11.1 Å². The minimum Gasteiger partial charge on any atom is -0.338 e. The first-order valence-electron chi connectivity index (χ1n) is 12.9. The van der Waals surface area contributed by atoms with Gasteiger partial charge in [0.2, 0.25) is 16.0 Å². The monoisotopic (exact) mass is 536 g/mol. The minimum atomic E-state index is -3.67. The fourth-order valence-electron chi connectivity index (χ4n) is 4.98. The molecule has 10 nitrogen and oxygen atoms in total. The number of hydroxylamine groups is 1. The summed E-state index contributed by atoms with van der Waals surface area (Å²) in [6.45, 7) is 4.83. The summed E-state index contributed by atoms with van der Waals surface area (Å²) in [6, 6.07) is 15.5. The Balaban J connectivity index is 1.25. The fourth-order valence-corrected chi connectivity index (χ4v) is 6.45. The Morgan fingerprint density at radius 1 is 0.895 bits per heavy atom. The van der Waals surface area contributed by atoms with Crippen LogP contribution in [0.2, 0.25) is 0 Å². The number of aromatic nitrogens is 2. The Labute approximate surface area is 222 Å². The molecule has 2 aromatic carbocycles. The van der Waals surface area contributed by atoms with Crippen LogP contribution in [0.1, 0.15) is 28.8 Å². The van der Waals surface area contributed by atoms with Gasteiger partial charge in [0.1, 0.15) is 0 Å². The van der Waals surface area contributed by atoms with Crippen LogP contribution >= 0.6 is 0 Å². The molecule has 2 saturated heterocycles. The van der Waals surface area contributed by atoms with Gasteiger partial charge in [0, 0.05) is 45.1 Å². The maximum atomic E-state index is 13.5. The van der Waals surface area contributed by atoms with E-state index in [0.717, 1.165) is 24.1 Å². The zero-order valence-electron chi connectivity index (χ0n) is 21.2. The van der Waals surface area contributed by atoms with Gasteiger partial charge in [0.25, 0.3) is 5.91 Å². The number of nitrogens with zero attached hydrogens (tertiary/aromatic N) is 5. The van der Waals surface area contributed by atoms with Gasteiger partial charge in [-0.2, -0.15) is 4.31 Å². The van der Waals surface area contributed by atoms with E-state index in [2.05, 4.69) is 27.0 Å². The highest BCUT2D eigenvalue weighted by atomic mass is 32.2. The molecule has 0 saturated carbocycles. The lowest BCUT2D eigenvalue weighted by Gasteiger charge is -2.34. The van der Waals surface area contributed by atoms with Crippen LogP contribution in [0.5, 0.6) is 0 Å². The minimum absolute atomic E-state index is 0.134. The Morgan fingerprint density at radius 2 is 1.55 bits per heavy atom. The lowest BCUT2D eigenvalue weighted by Crippen LogP contribution is -2.49. The summed E-state index contributed by atoms with van der Waals surface area (Å²) in [6.07, 6.45) is 6.19. The molecule has 2 fully saturated rings. The first kappa shape index (κ1) is 26.2. The molecule has 11 heteroatoms. The largest absolute Gasteiger partial charge is 0.338 e. The number of carbonyl (C=O) groups is 1. The quantitative estimate of drug-likeness (QED) is 0.333. The first-order valence-corrected chi connectivity index (χ1v) is 14.3. The number of anilines is 1. The van der Waals surface area contributed by atoms with E-state index in [0.29, 0.717) is 32.1 Å². The van der Waals surface area contributed by atoms with Crippen molar-refractivity contribution in [1.82, 2.24) is 24.7 Å². The second-order valence-corrected chi connectivity index (χ2v) is 11.6. The topological polar surface area (TPSA) is 119 Å². The molecule has 1 amide bonds. The van der Waals surface area contributed by atoms with Gasteiger partial charge in [-0.15, -0.1) is 0 Å². The second kappa shape index (κ2) is 11.6. The van der Waals surface area contributed by atoms with Crippen molar-refractivity contribution in [1.29, 1.82) is 0 Å². The number of piperazine rings is 1. The van der Waals surface area contributed by atoms with E-state index < -0.39 is 15.9 Å². The van der Waals surface area contributed by atoms with Gasteiger partial charge in [-0.3, -0.25) is 10.0 Å². The van der Waals surface area contributed by atoms with Crippen molar-refractivity contribution in [3.63, 3.8) is 0 Å². The van der Waals surface area contributed by atoms with E-state index in [1.54, 1.807) is 23.7 Å². The number of nitrogens with one attached hydrogen (secondary N) is 1. The molecular formula is C27H32N6O4S. The molecule has 3 heterocycles. The summed E-state index contributed by atoms with van der Waals surface area (Å²) < 4.78 is 28.5. The SMILES string of the molecule is O=C(NO)c1cnc(N2CCN(S(=O)(=O)c3cccc(-c4cccc(CCN5CCCC5)c4)c3)CC2)nc1. The zero-order valence-corrected chi connectivity index (χ0v) is 22.0. The van der Waals surface area contributed by atoms with E-state index in [-0.39, 0.29) is 10.5 Å². The second-order valence-electron chi connectivity index (χ2n) is 9.63. The molecule has 38 heavy (non-hydrogen) atoms. The molecule has 0 unspecified atom stereocenters. The van der Waals surface area contributed by atoms with E-state index in [1.165, 1.54) is 48.2 Å². The molecule has 2 N–H and O–H groups in total. The van der Waals surface area contributed by atoms with Crippen molar-refractivity contribution < 1.29 is 18.4 Å². The molecule has 2 aliphatic heterocycles. The highest BCUT2D eigenvalue weighted by molar-refractivity contribution is 7.89. The van der Waals surface area contributed by atoms with Crippen LogP contribution in [0.3, 0.4) is 0 Å². The average Bonchev–Trinajstić information content (AvgIpc) is 3.50. The van der Waals surface area contributed by atoms with Crippen LogP contribution < -0.4 is 10.4 Å².